The maximum Gasteiger partial charge on any atom is 0.262 e. The lowest BCUT2D eigenvalue weighted by atomic mass is 10.2. The van der Waals surface area contributed by atoms with Crippen LogP contribution in [0.4, 0.5) is 11.4 Å². The molecule has 0 atom stereocenters. The molecule has 1 amide bonds. The molecule has 2 N–H and O–H groups in total. The lowest BCUT2D eigenvalue weighted by Gasteiger charge is -2.13. The summed E-state index contributed by atoms with van der Waals surface area (Å²) in [4.78, 5) is 12.3. The molecule has 0 spiro atoms. The Hall–Kier alpha value is -3.37. The molecule has 0 unspecified atom stereocenters. The van der Waals surface area contributed by atoms with Crippen molar-refractivity contribution in [2.75, 3.05) is 37.1 Å². The van der Waals surface area contributed by atoms with Crippen molar-refractivity contribution in [1.29, 1.82) is 0 Å². The first kappa shape index (κ1) is 25.3. The van der Waals surface area contributed by atoms with Gasteiger partial charge in [0.15, 0.2) is 0 Å². The van der Waals surface area contributed by atoms with Crippen molar-refractivity contribution in [3.8, 4) is 17.2 Å². The molecule has 0 radical (unpaired) electrons. The van der Waals surface area contributed by atoms with Gasteiger partial charge in [0.25, 0.3) is 10.0 Å². The molecular formula is C24H26N2O6S2. The SMILES string of the molecule is COc1ccc(CSCC(=O)Nc2ccc(S(=O)(=O)Nc3cc(OC)ccc3OC)cc2)cc1. The fraction of sp³-hybridized carbons (Fsp3) is 0.208. The van der Waals surface area contributed by atoms with Crippen LogP contribution in [0.15, 0.2) is 71.6 Å². The first-order valence-corrected chi connectivity index (χ1v) is 12.8. The Kier molecular flexibility index (Phi) is 8.67. The molecule has 0 aliphatic carbocycles. The van der Waals surface area contributed by atoms with Crippen LogP contribution >= 0.6 is 11.8 Å². The smallest absolute Gasteiger partial charge is 0.262 e. The summed E-state index contributed by atoms with van der Waals surface area (Å²) in [5, 5.41) is 2.78. The number of thioether (sulfide) groups is 1. The van der Waals surface area contributed by atoms with Crippen LogP contribution in [0.1, 0.15) is 5.56 Å². The summed E-state index contributed by atoms with van der Waals surface area (Å²) in [6.45, 7) is 0. The zero-order valence-electron chi connectivity index (χ0n) is 19.0. The number of hydrogen-bond acceptors (Lipinski definition) is 7. The predicted molar refractivity (Wildman–Crippen MR) is 135 cm³/mol. The number of hydrogen-bond donors (Lipinski definition) is 2. The van der Waals surface area contributed by atoms with E-state index >= 15 is 0 Å². The van der Waals surface area contributed by atoms with Gasteiger partial charge < -0.3 is 19.5 Å². The Balaban J connectivity index is 1.56. The van der Waals surface area contributed by atoms with Crippen LogP contribution in [0.2, 0.25) is 0 Å². The van der Waals surface area contributed by atoms with Crippen LogP contribution in [0.25, 0.3) is 0 Å². The van der Waals surface area contributed by atoms with E-state index < -0.39 is 10.0 Å². The minimum atomic E-state index is -3.88. The van der Waals surface area contributed by atoms with E-state index in [1.807, 2.05) is 24.3 Å². The third-order valence-electron chi connectivity index (χ3n) is 4.76. The second-order valence-corrected chi connectivity index (χ2v) is 9.75. The molecule has 0 aromatic heterocycles. The van der Waals surface area contributed by atoms with E-state index in [4.69, 9.17) is 14.2 Å². The number of carbonyl (C=O) groups excluding carboxylic acids is 1. The summed E-state index contributed by atoms with van der Waals surface area (Å²) in [5.41, 5.74) is 1.86. The molecule has 34 heavy (non-hydrogen) atoms. The van der Waals surface area contributed by atoms with Crippen molar-refractivity contribution >= 4 is 39.1 Å². The van der Waals surface area contributed by atoms with Gasteiger partial charge in [-0.25, -0.2) is 8.42 Å². The molecular weight excluding hydrogens is 476 g/mol. The molecule has 180 valence electrons. The van der Waals surface area contributed by atoms with E-state index in [-0.39, 0.29) is 22.2 Å². The maximum atomic E-state index is 12.8. The van der Waals surface area contributed by atoms with Crippen molar-refractivity contribution in [3.05, 3.63) is 72.3 Å². The molecule has 3 aromatic carbocycles. The van der Waals surface area contributed by atoms with E-state index in [9.17, 15) is 13.2 Å². The van der Waals surface area contributed by atoms with Crippen molar-refractivity contribution < 1.29 is 27.4 Å². The lowest BCUT2D eigenvalue weighted by Crippen LogP contribution is -2.15. The van der Waals surface area contributed by atoms with Gasteiger partial charge in [0.2, 0.25) is 5.91 Å². The number of rotatable bonds is 11. The molecule has 0 fully saturated rings. The zero-order chi connectivity index (χ0) is 24.6. The highest BCUT2D eigenvalue weighted by atomic mass is 32.2. The first-order valence-electron chi connectivity index (χ1n) is 10.2. The average molecular weight is 503 g/mol. The van der Waals surface area contributed by atoms with E-state index in [1.54, 1.807) is 31.4 Å². The molecule has 0 saturated carbocycles. The third-order valence-corrected chi connectivity index (χ3v) is 7.15. The topological polar surface area (TPSA) is 103 Å². The average Bonchev–Trinajstić information content (AvgIpc) is 2.84. The number of anilines is 2. The Morgan fingerprint density at radius 2 is 1.50 bits per heavy atom. The zero-order valence-corrected chi connectivity index (χ0v) is 20.7. The quantitative estimate of drug-likeness (QED) is 0.401. The van der Waals surface area contributed by atoms with Gasteiger partial charge >= 0.3 is 0 Å². The number of ether oxygens (including phenoxy) is 3. The maximum absolute atomic E-state index is 12.8. The van der Waals surface area contributed by atoms with Crippen molar-refractivity contribution in [2.45, 2.75) is 10.6 Å². The minimum Gasteiger partial charge on any atom is -0.497 e. The van der Waals surface area contributed by atoms with Crippen molar-refractivity contribution in [1.82, 2.24) is 0 Å². The fourth-order valence-corrected chi connectivity index (χ4v) is 4.84. The standard InChI is InChI=1S/C24H26N2O6S2/c1-30-19-8-4-17(5-9-19)15-33-16-24(27)25-18-6-11-21(12-7-18)34(28,29)26-22-14-20(31-2)10-13-23(22)32-3/h4-14,26H,15-16H2,1-3H3,(H,25,27). The number of carbonyl (C=O) groups is 1. The van der Waals surface area contributed by atoms with E-state index in [1.165, 1.54) is 44.2 Å². The van der Waals surface area contributed by atoms with Gasteiger partial charge in [0.1, 0.15) is 17.2 Å². The predicted octanol–water partition coefficient (Wildman–Crippen LogP) is 4.39. The highest BCUT2D eigenvalue weighted by molar-refractivity contribution is 7.99. The number of methoxy groups -OCH3 is 3. The van der Waals surface area contributed by atoms with Crippen LogP contribution in [0.5, 0.6) is 17.2 Å². The van der Waals surface area contributed by atoms with E-state index in [2.05, 4.69) is 10.0 Å². The third kappa shape index (κ3) is 6.82. The Morgan fingerprint density at radius 3 is 2.12 bits per heavy atom. The summed E-state index contributed by atoms with van der Waals surface area (Å²) in [6.07, 6.45) is 0. The molecule has 3 aromatic rings. The van der Waals surface area contributed by atoms with Gasteiger partial charge in [-0.1, -0.05) is 12.1 Å². The van der Waals surface area contributed by atoms with Gasteiger partial charge in [0.05, 0.1) is 37.7 Å². The Bertz CT molecular complexity index is 1210. The van der Waals surface area contributed by atoms with Gasteiger partial charge in [-0.15, -0.1) is 11.8 Å². The van der Waals surface area contributed by atoms with Crippen LogP contribution in [-0.2, 0) is 20.6 Å². The normalized spacial score (nSPS) is 10.9. The Labute approximate surface area is 203 Å². The number of nitrogens with one attached hydrogen (secondary N) is 2. The van der Waals surface area contributed by atoms with Gasteiger partial charge in [-0.05, 0) is 54.1 Å². The number of benzene rings is 3. The van der Waals surface area contributed by atoms with Crippen molar-refractivity contribution in [3.63, 3.8) is 0 Å². The summed E-state index contributed by atoms with van der Waals surface area (Å²) < 4.78 is 43.6. The highest BCUT2D eigenvalue weighted by Crippen LogP contribution is 2.31. The van der Waals surface area contributed by atoms with E-state index in [0.717, 1.165) is 11.3 Å². The second-order valence-electron chi connectivity index (χ2n) is 7.09. The second kappa shape index (κ2) is 11.7. The fourth-order valence-electron chi connectivity index (χ4n) is 3.00. The molecule has 0 aliphatic heterocycles. The lowest BCUT2D eigenvalue weighted by molar-refractivity contribution is -0.113. The molecule has 8 nitrogen and oxygen atoms in total. The molecule has 10 heteroatoms. The van der Waals surface area contributed by atoms with Crippen LogP contribution in [0, 0.1) is 0 Å². The molecule has 0 saturated heterocycles. The molecule has 0 bridgehead atoms. The van der Waals surface area contributed by atoms with Crippen LogP contribution in [-0.4, -0.2) is 41.4 Å². The highest BCUT2D eigenvalue weighted by Gasteiger charge is 2.17. The summed E-state index contributed by atoms with van der Waals surface area (Å²) >= 11 is 1.48. The first-order chi connectivity index (χ1) is 16.3. The Morgan fingerprint density at radius 1 is 0.853 bits per heavy atom. The van der Waals surface area contributed by atoms with Gasteiger partial charge in [-0.2, -0.15) is 0 Å². The van der Waals surface area contributed by atoms with Crippen LogP contribution in [0.3, 0.4) is 0 Å². The molecule has 0 aliphatic rings. The van der Waals surface area contributed by atoms with E-state index in [0.29, 0.717) is 22.9 Å². The number of sulfonamides is 1. The van der Waals surface area contributed by atoms with Gasteiger partial charge in [0, 0.05) is 17.5 Å². The molecule has 0 heterocycles. The summed E-state index contributed by atoms with van der Waals surface area (Å²) in [6, 6.07) is 18.4. The largest absolute Gasteiger partial charge is 0.497 e. The van der Waals surface area contributed by atoms with Crippen LogP contribution < -0.4 is 24.2 Å². The van der Waals surface area contributed by atoms with Crippen molar-refractivity contribution in [2.24, 2.45) is 0 Å². The summed E-state index contributed by atoms with van der Waals surface area (Å²) in [5.74, 6) is 2.42. The molecule has 3 rings (SSSR count). The summed E-state index contributed by atoms with van der Waals surface area (Å²) in [7, 11) is 0.680. The number of amides is 1. The van der Waals surface area contributed by atoms with Gasteiger partial charge in [-0.3, -0.25) is 9.52 Å². The minimum absolute atomic E-state index is 0.0456. The monoisotopic (exact) mass is 502 g/mol.